The summed E-state index contributed by atoms with van der Waals surface area (Å²) in [6, 6.07) is 4.97. The molecule has 0 spiro atoms. The molecule has 2 heterocycles. The third-order valence-corrected chi connectivity index (χ3v) is 4.70. The van der Waals surface area contributed by atoms with Crippen LogP contribution in [0.3, 0.4) is 0 Å². The molecule has 1 atom stereocenters. The summed E-state index contributed by atoms with van der Waals surface area (Å²) in [4.78, 5) is 9.09. The number of phenols is 1. The van der Waals surface area contributed by atoms with E-state index in [0.717, 1.165) is 57.3 Å². The summed E-state index contributed by atoms with van der Waals surface area (Å²) in [7, 11) is 1.77. The molecule has 0 aromatic heterocycles. The molecule has 1 unspecified atom stereocenters. The Labute approximate surface area is 165 Å². The maximum Gasteiger partial charge on any atom is 0.193 e. The van der Waals surface area contributed by atoms with Crippen molar-refractivity contribution in [2.45, 2.75) is 19.0 Å². The van der Waals surface area contributed by atoms with Crippen molar-refractivity contribution in [2.24, 2.45) is 4.99 Å². The maximum absolute atomic E-state index is 13.4. The van der Waals surface area contributed by atoms with Gasteiger partial charge < -0.3 is 20.1 Å². The average Bonchev–Trinajstić information content (AvgIpc) is 3.09. The smallest absolute Gasteiger partial charge is 0.193 e. The number of likely N-dealkylation sites (tertiary alicyclic amines) is 1. The van der Waals surface area contributed by atoms with E-state index in [-0.39, 0.29) is 29.7 Å². The van der Waals surface area contributed by atoms with Crippen LogP contribution in [0, 0.1) is 5.82 Å². The number of ether oxygens (including phenoxy) is 1. The predicted molar refractivity (Wildman–Crippen MR) is 106 cm³/mol. The summed E-state index contributed by atoms with van der Waals surface area (Å²) in [5, 5.41) is 12.5. The second-order valence-electron chi connectivity index (χ2n) is 6.22. The number of hydrogen-bond acceptors (Lipinski definition) is 4. The average molecular weight is 464 g/mol. The van der Waals surface area contributed by atoms with Crippen LogP contribution in [0.15, 0.2) is 23.2 Å². The number of guanidine groups is 1. The molecule has 2 fully saturated rings. The number of phenolic OH excluding ortho intramolecular Hbond substituents is 1. The third-order valence-electron chi connectivity index (χ3n) is 4.70. The van der Waals surface area contributed by atoms with Gasteiger partial charge in [0.25, 0.3) is 0 Å². The van der Waals surface area contributed by atoms with Crippen LogP contribution in [-0.2, 0) is 11.3 Å². The van der Waals surface area contributed by atoms with Gasteiger partial charge in [0, 0.05) is 45.8 Å². The topological polar surface area (TPSA) is 60.3 Å². The van der Waals surface area contributed by atoms with Crippen LogP contribution in [-0.4, -0.2) is 73.3 Å². The van der Waals surface area contributed by atoms with E-state index < -0.39 is 5.82 Å². The van der Waals surface area contributed by atoms with Gasteiger partial charge in [-0.2, -0.15) is 0 Å². The zero-order valence-corrected chi connectivity index (χ0v) is 16.8. The molecule has 0 saturated carbocycles. The molecule has 1 aromatic rings. The SMILES string of the molecule is CN=C(NCc1ccc(O)c(F)c1)N1CCC(N2CCOCC2)C1.I. The van der Waals surface area contributed by atoms with Crippen molar-refractivity contribution in [1.29, 1.82) is 0 Å². The first-order valence-corrected chi connectivity index (χ1v) is 8.42. The number of benzene rings is 1. The lowest BCUT2D eigenvalue weighted by molar-refractivity contribution is 0.0195. The van der Waals surface area contributed by atoms with Crippen LogP contribution in [0.4, 0.5) is 4.39 Å². The number of nitrogens with one attached hydrogen (secondary N) is 1. The molecule has 0 radical (unpaired) electrons. The van der Waals surface area contributed by atoms with Crippen molar-refractivity contribution in [3.8, 4) is 5.75 Å². The normalized spacial score (nSPS) is 21.9. The molecule has 2 saturated heterocycles. The number of rotatable bonds is 3. The van der Waals surface area contributed by atoms with Crippen LogP contribution in [0.5, 0.6) is 5.75 Å². The molecule has 2 aliphatic heterocycles. The molecule has 140 valence electrons. The van der Waals surface area contributed by atoms with Gasteiger partial charge in [0.05, 0.1) is 13.2 Å². The summed E-state index contributed by atoms with van der Waals surface area (Å²) in [6.07, 6.45) is 1.12. The highest BCUT2D eigenvalue weighted by Gasteiger charge is 2.30. The van der Waals surface area contributed by atoms with E-state index in [0.29, 0.717) is 12.6 Å². The van der Waals surface area contributed by atoms with Crippen LogP contribution in [0.1, 0.15) is 12.0 Å². The number of aromatic hydroxyl groups is 1. The fourth-order valence-electron chi connectivity index (χ4n) is 3.35. The van der Waals surface area contributed by atoms with Crippen molar-refractivity contribution >= 4 is 29.9 Å². The number of halogens is 2. The summed E-state index contributed by atoms with van der Waals surface area (Å²) in [5.74, 6) is -0.0897. The highest BCUT2D eigenvalue weighted by molar-refractivity contribution is 14.0. The van der Waals surface area contributed by atoms with Gasteiger partial charge in [-0.15, -0.1) is 24.0 Å². The highest BCUT2D eigenvalue weighted by Crippen LogP contribution is 2.18. The minimum Gasteiger partial charge on any atom is -0.505 e. The Balaban J connectivity index is 0.00000225. The van der Waals surface area contributed by atoms with Gasteiger partial charge in [-0.25, -0.2) is 4.39 Å². The molecule has 0 aliphatic carbocycles. The first-order chi connectivity index (χ1) is 11.7. The third kappa shape index (κ3) is 5.18. The lowest BCUT2D eigenvalue weighted by Gasteiger charge is -2.32. The van der Waals surface area contributed by atoms with E-state index in [1.54, 1.807) is 13.1 Å². The minimum atomic E-state index is -0.599. The van der Waals surface area contributed by atoms with E-state index >= 15 is 0 Å². The van der Waals surface area contributed by atoms with Gasteiger partial charge in [-0.1, -0.05) is 6.07 Å². The van der Waals surface area contributed by atoms with Gasteiger partial charge in [0.2, 0.25) is 0 Å². The van der Waals surface area contributed by atoms with E-state index in [1.807, 2.05) is 0 Å². The zero-order chi connectivity index (χ0) is 16.9. The van der Waals surface area contributed by atoms with Crippen LogP contribution < -0.4 is 5.32 Å². The molecule has 8 heteroatoms. The quantitative estimate of drug-likeness (QED) is 0.405. The van der Waals surface area contributed by atoms with Gasteiger partial charge >= 0.3 is 0 Å². The number of nitrogens with zero attached hydrogens (tertiary/aromatic N) is 3. The summed E-state index contributed by atoms with van der Waals surface area (Å²) < 4.78 is 18.8. The second-order valence-corrected chi connectivity index (χ2v) is 6.22. The molecule has 6 nitrogen and oxygen atoms in total. The van der Waals surface area contributed by atoms with Crippen molar-refractivity contribution < 1.29 is 14.2 Å². The molecule has 0 bridgehead atoms. The Morgan fingerprint density at radius 1 is 1.36 bits per heavy atom. The molecule has 1 aromatic carbocycles. The Morgan fingerprint density at radius 3 is 2.80 bits per heavy atom. The number of morpholine rings is 1. The number of aliphatic imine (C=N–C) groups is 1. The molecule has 0 amide bonds. The van der Waals surface area contributed by atoms with Gasteiger partial charge in [-0.3, -0.25) is 9.89 Å². The molecule has 3 rings (SSSR count). The first kappa shape index (κ1) is 20.2. The molecular formula is C17H26FIN4O2. The van der Waals surface area contributed by atoms with Gasteiger partial charge in [0.15, 0.2) is 17.5 Å². The predicted octanol–water partition coefficient (Wildman–Crippen LogP) is 1.63. The molecule has 2 N–H and O–H groups in total. The lowest BCUT2D eigenvalue weighted by atomic mass is 10.2. The first-order valence-electron chi connectivity index (χ1n) is 8.42. The molecule has 2 aliphatic rings. The van der Waals surface area contributed by atoms with Crippen LogP contribution in [0.25, 0.3) is 0 Å². The second kappa shape index (κ2) is 9.54. The van der Waals surface area contributed by atoms with E-state index in [9.17, 15) is 9.50 Å². The number of hydrogen-bond donors (Lipinski definition) is 2. The Hall–Kier alpha value is -1.13. The zero-order valence-electron chi connectivity index (χ0n) is 14.4. The standard InChI is InChI=1S/C17H25FN4O2.HI/c1-19-17(20-11-13-2-3-16(23)15(18)10-13)22-5-4-14(12-22)21-6-8-24-9-7-21;/h2-3,10,14,23H,4-9,11-12H2,1H3,(H,19,20);1H. The lowest BCUT2D eigenvalue weighted by Crippen LogP contribution is -2.46. The van der Waals surface area contributed by atoms with Crippen LogP contribution in [0.2, 0.25) is 0 Å². The Morgan fingerprint density at radius 2 is 2.12 bits per heavy atom. The highest BCUT2D eigenvalue weighted by atomic mass is 127. The summed E-state index contributed by atoms with van der Waals surface area (Å²) in [5.41, 5.74) is 0.773. The van der Waals surface area contributed by atoms with Gasteiger partial charge in [-0.05, 0) is 24.1 Å². The van der Waals surface area contributed by atoms with E-state index in [2.05, 4.69) is 20.1 Å². The molecular weight excluding hydrogens is 438 g/mol. The van der Waals surface area contributed by atoms with Gasteiger partial charge in [0.1, 0.15) is 0 Å². The molecule has 25 heavy (non-hydrogen) atoms. The van der Waals surface area contributed by atoms with Crippen molar-refractivity contribution in [3.63, 3.8) is 0 Å². The van der Waals surface area contributed by atoms with Crippen molar-refractivity contribution in [3.05, 3.63) is 29.6 Å². The summed E-state index contributed by atoms with van der Waals surface area (Å²) >= 11 is 0. The van der Waals surface area contributed by atoms with E-state index in [1.165, 1.54) is 12.1 Å². The van der Waals surface area contributed by atoms with E-state index in [4.69, 9.17) is 4.74 Å². The van der Waals surface area contributed by atoms with Crippen molar-refractivity contribution in [1.82, 2.24) is 15.1 Å². The largest absolute Gasteiger partial charge is 0.505 e. The fourth-order valence-corrected chi connectivity index (χ4v) is 3.35. The monoisotopic (exact) mass is 464 g/mol. The van der Waals surface area contributed by atoms with Crippen LogP contribution >= 0.6 is 24.0 Å². The summed E-state index contributed by atoms with van der Waals surface area (Å²) in [6.45, 7) is 6.01. The van der Waals surface area contributed by atoms with Crippen molar-refractivity contribution in [2.75, 3.05) is 46.4 Å². The minimum absolute atomic E-state index is 0. The Kier molecular flexibility index (Phi) is 7.70. The Bertz CT molecular complexity index is 596. The maximum atomic E-state index is 13.4. The fraction of sp³-hybridized carbons (Fsp3) is 0.588.